The van der Waals surface area contributed by atoms with Crippen molar-refractivity contribution in [3.63, 3.8) is 0 Å². The zero-order valence-corrected chi connectivity index (χ0v) is 16.0. The van der Waals surface area contributed by atoms with Crippen LogP contribution in [0, 0.1) is 0 Å². The van der Waals surface area contributed by atoms with Gasteiger partial charge in [0.15, 0.2) is 5.78 Å². The van der Waals surface area contributed by atoms with Crippen molar-refractivity contribution < 1.29 is 24.0 Å². The molecule has 27 heavy (non-hydrogen) atoms. The molecule has 0 spiro atoms. The Morgan fingerprint density at radius 1 is 0.926 bits per heavy atom. The molecule has 0 saturated carbocycles. The van der Waals surface area contributed by atoms with Gasteiger partial charge < -0.3 is 9.64 Å². The molecule has 148 valence electrons. The van der Waals surface area contributed by atoms with E-state index < -0.39 is 0 Å². The lowest BCUT2D eigenvalue weighted by Gasteiger charge is -2.23. The second-order valence-electron chi connectivity index (χ2n) is 6.79. The van der Waals surface area contributed by atoms with E-state index in [4.69, 9.17) is 4.74 Å². The molecule has 2 amide bonds. The lowest BCUT2D eigenvalue weighted by Crippen LogP contribution is -3.12. The number of amides is 2. The van der Waals surface area contributed by atoms with Crippen LogP contribution in [-0.4, -0.2) is 43.8 Å². The SMILES string of the molecule is CCOc1ccc(C(=O)CCC(=O)NNC(=O)CC[NH+]2CCCCC2)cc1. The fourth-order valence-corrected chi connectivity index (χ4v) is 3.13. The highest BCUT2D eigenvalue weighted by atomic mass is 16.5. The summed E-state index contributed by atoms with van der Waals surface area (Å²) in [6.07, 6.45) is 4.23. The minimum absolute atomic E-state index is 0.0314. The molecule has 0 aromatic heterocycles. The number of hydrogen-bond acceptors (Lipinski definition) is 4. The molecule has 7 heteroatoms. The number of piperidine rings is 1. The molecule has 0 bridgehead atoms. The molecule has 0 atom stereocenters. The number of quaternary nitrogens is 1. The number of hydrogen-bond donors (Lipinski definition) is 3. The first-order chi connectivity index (χ1) is 13.1. The van der Waals surface area contributed by atoms with Gasteiger partial charge in [0.2, 0.25) is 11.8 Å². The summed E-state index contributed by atoms with van der Waals surface area (Å²) in [4.78, 5) is 37.2. The number of likely N-dealkylation sites (tertiary alicyclic amines) is 1. The van der Waals surface area contributed by atoms with Crippen LogP contribution in [-0.2, 0) is 9.59 Å². The summed E-state index contributed by atoms with van der Waals surface area (Å²) in [7, 11) is 0. The molecule has 1 heterocycles. The molecule has 0 radical (unpaired) electrons. The van der Waals surface area contributed by atoms with Crippen molar-refractivity contribution in [3.05, 3.63) is 29.8 Å². The Morgan fingerprint density at radius 2 is 1.56 bits per heavy atom. The van der Waals surface area contributed by atoms with E-state index in [2.05, 4.69) is 10.9 Å². The van der Waals surface area contributed by atoms with Crippen molar-refractivity contribution in [2.75, 3.05) is 26.2 Å². The van der Waals surface area contributed by atoms with E-state index >= 15 is 0 Å². The lowest BCUT2D eigenvalue weighted by molar-refractivity contribution is -0.904. The Hall–Kier alpha value is -2.41. The van der Waals surface area contributed by atoms with Gasteiger partial charge in [-0.2, -0.15) is 0 Å². The molecule has 3 N–H and O–H groups in total. The zero-order chi connectivity index (χ0) is 19.5. The van der Waals surface area contributed by atoms with Crippen LogP contribution in [0.2, 0.25) is 0 Å². The van der Waals surface area contributed by atoms with Crippen LogP contribution in [0.4, 0.5) is 0 Å². The predicted octanol–water partition coefficient (Wildman–Crippen LogP) is 0.655. The number of Topliss-reactive ketones (excluding diaryl/α,β-unsaturated/α-hetero) is 1. The molecule has 1 aliphatic rings. The van der Waals surface area contributed by atoms with E-state index in [0.29, 0.717) is 24.3 Å². The van der Waals surface area contributed by atoms with Crippen molar-refractivity contribution in [2.24, 2.45) is 0 Å². The first-order valence-corrected chi connectivity index (χ1v) is 9.75. The van der Waals surface area contributed by atoms with Crippen molar-refractivity contribution in [3.8, 4) is 5.75 Å². The second-order valence-corrected chi connectivity index (χ2v) is 6.79. The van der Waals surface area contributed by atoms with Gasteiger partial charge >= 0.3 is 0 Å². The third-order valence-corrected chi connectivity index (χ3v) is 4.67. The molecule has 2 rings (SSSR count). The summed E-state index contributed by atoms with van der Waals surface area (Å²) < 4.78 is 5.33. The van der Waals surface area contributed by atoms with E-state index in [1.807, 2.05) is 6.92 Å². The summed E-state index contributed by atoms with van der Waals surface area (Å²) in [5.74, 6) is 0.0290. The maximum Gasteiger partial charge on any atom is 0.244 e. The Kier molecular flexibility index (Phi) is 8.77. The number of carbonyl (C=O) groups excluding carboxylic acids is 3. The molecule has 0 aliphatic carbocycles. The summed E-state index contributed by atoms with van der Waals surface area (Å²) in [6, 6.07) is 6.86. The Labute approximate surface area is 160 Å². The van der Waals surface area contributed by atoms with Crippen molar-refractivity contribution in [1.29, 1.82) is 0 Å². The molecule has 1 aliphatic heterocycles. The molecule has 1 fully saturated rings. The smallest absolute Gasteiger partial charge is 0.244 e. The summed E-state index contributed by atoms with van der Waals surface area (Å²) >= 11 is 0. The molecular formula is C20H30N3O4+. The van der Waals surface area contributed by atoms with Crippen LogP contribution in [0.25, 0.3) is 0 Å². The minimum Gasteiger partial charge on any atom is -0.494 e. The van der Waals surface area contributed by atoms with Crippen LogP contribution < -0.4 is 20.5 Å². The van der Waals surface area contributed by atoms with Crippen molar-refractivity contribution in [1.82, 2.24) is 10.9 Å². The minimum atomic E-state index is -0.368. The molecule has 0 unspecified atom stereocenters. The Balaban J connectivity index is 1.61. The molecule has 1 saturated heterocycles. The van der Waals surface area contributed by atoms with Gasteiger partial charge in [-0.15, -0.1) is 0 Å². The molecule has 1 aromatic rings. The zero-order valence-electron chi connectivity index (χ0n) is 16.0. The van der Waals surface area contributed by atoms with Crippen LogP contribution in [0.5, 0.6) is 5.75 Å². The fraction of sp³-hybridized carbons (Fsp3) is 0.550. The standard InChI is InChI=1S/C20H29N3O4/c1-2-27-17-8-6-16(7-9-17)18(24)10-11-19(25)21-22-20(26)12-15-23-13-4-3-5-14-23/h6-9H,2-5,10-15H2,1H3,(H,21,25)(H,22,26)/p+1. The third-order valence-electron chi connectivity index (χ3n) is 4.67. The van der Waals surface area contributed by atoms with Gasteiger partial charge in [-0.25, -0.2) is 0 Å². The van der Waals surface area contributed by atoms with Crippen LogP contribution in [0.3, 0.4) is 0 Å². The van der Waals surface area contributed by atoms with Gasteiger partial charge in [-0.3, -0.25) is 25.2 Å². The van der Waals surface area contributed by atoms with E-state index in [-0.39, 0.29) is 30.4 Å². The highest BCUT2D eigenvalue weighted by Crippen LogP contribution is 2.13. The van der Waals surface area contributed by atoms with Crippen LogP contribution >= 0.6 is 0 Å². The topological polar surface area (TPSA) is 88.9 Å². The van der Waals surface area contributed by atoms with E-state index in [1.54, 1.807) is 24.3 Å². The second kappa shape index (κ2) is 11.3. The maximum atomic E-state index is 12.1. The van der Waals surface area contributed by atoms with Crippen LogP contribution in [0.1, 0.15) is 55.8 Å². The lowest BCUT2D eigenvalue weighted by atomic mass is 10.1. The predicted molar refractivity (Wildman–Crippen MR) is 101 cm³/mol. The van der Waals surface area contributed by atoms with Crippen molar-refractivity contribution >= 4 is 17.6 Å². The number of ketones is 1. The maximum absolute atomic E-state index is 12.1. The highest BCUT2D eigenvalue weighted by molar-refractivity contribution is 5.98. The van der Waals surface area contributed by atoms with Gasteiger partial charge in [-0.1, -0.05) is 0 Å². The van der Waals surface area contributed by atoms with E-state index in [0.717, 1.165) is 19.6 Å². The largest absolute Gasteiger partial charge is 0.494 e. The quantitative estimate of drug-likeness (QED) is 0.436. The summed E-state index contributed by atoms with van der Waals surface area (Å²) in [6.45, 7) is 5.49. The number of nitrogens with one attached hydrogen (secondary N) is 3. The van der Waals surface area contributed by atoms with Crippen molar-refractivity contribution in [2.45, 2.75) is 45.4 Å². The molecule has 1 aromatic carbocycles. The average Bonchev–Trinajstić information content (AvgIpc) is 2.70. The number of ether oxygens (including phenoxy) is 1. The molecule has 7 nitrogen and oxygen atoms in total. The first-order valence-electron chi connectivity index (χ1n) is 9.75. The van der Waals surface area contributed by atoms with E-state index in [9.17, 15) is 14.4 Å². The van der Waals surface area contributed by atoms with Crippen LogP contribution in [0.15, 0.2) is 24.3 Å². The number of hydrazine groups is 1. The van der Waals surface area contributed by atoms with Gasteiger partial charge in [0.1, 0.15) is 5.75 Å². The summed E-state index contributed by atoms with van der Waals surface area (Å²) in [5, 5.41) is 0. The summed E-state index contributed by atoms with van der Waals surface area (Å²) in [5.41, 5.74) is 5.35. The van der Waals surface area contributed by atoms with Gasteiger partial charge in [-0.05, 0) is 50.5 Å². The van der Waals surface area contributed by atoms with E-state index in [1.165, 1.54) is 24.2 Å². The van der Waals surface area contributed by atoms with Gasteiger partial charge in [0.25, 0.3) is 0 Å². The Bertz CT molecular complexity index is 625. The van der Waals surface area contributed by atoms with Gasteiger partial charge in [0.05, 0.1) is 32.7 Å². The van der Waals surface area contributed by atoms with Gasteiger partial charge in [0, 0.05) is 18.4 Å². The fourth-order valence-electron chi connectivity index (χ4n) is 3.13. The number of benzene rings is 1. The highest BCUT2D eigenvalue weighted by Gasteiger charge is 2.15. The Morgan fingerprint density at radius 3 is 2.19 bits per heavy atom. The third kappa shape index (κ3) is 7.78. The average molecular weight is 376 g/mol. The number of carbonyl (C=O) groups is 3. The normalized spacial score (nSPS) is 14.4. The monoisotopic (exact) mass is 376 g/mol. The molecular weight excluding hydrogens is 346 g/mol. The first kappa shape index (κ1) is 20.9. The number of rotatable bonds is 9.